The first-order valence-electron chi connectivity index (χ1n) is 7.39. The van der Waals surface area contributed by atoms with Gasteiger partial charge in [-0.15, -0.1) is 0 Å². The normalized spacial score (nSPS) is 13.2. The Bertz CT molecular complexity index is 764. The van der Waals surface area contributed by atoms with Crippen LogP contribution in [0.1, 0.15) is 30.6 Å². The molecule has 0 spiro atoms. The second-order valence-corrected chi connectivity index (χ2v) is 6.35. The highest BCUT2D eigenvalue weighted by Gasteiger charge is 2.42. The largest absolute Gasteiger partial charge is 0.479 e. The number of aliphatic carboxylic acids is 1. The molecule has 1 unspecified atom stereocenters. The van der Waals surface area contributed by atoms with Gasteiger partial charge in [-0.25, -0.2) is 4.79 Å². The van der Waals surface area contributed by atoms with E-state index in [1.807, 2.05) is 0 Å². The molecule has 24 heavy (non-hydrogen) atoms. The van der Waals surface area contributed by atoms with Crippen LogP contribution in [-0.2, 0) is 4.79 Å². The van der Waals surface area contributed by atoms with Crippen LogP contribution in [0.15, 0.2) is 48.5 Å². The van der Waals surface area contributed by atoms with Gasteiger partial charge in [-0.05, 0) is 43.7 Å². The van der Waals surface area contributed by atoms with E-state index in [2.05, 4.69) is 0 Å². The van der Waals surface area contributed by atoms with Crippen molar-refractivity contribution < 1.29 is 14.7 Å². The van der Waals surface area contributed by atoms with Gasteiger partial charge >= 0.3 is 5.97 Å². The number of hydrogen-bond donors (Lipinski definition) is 1. The van der Waals surface area contributed by atoms with Gasteiger partial charge in [0.05, 0.1) is 10.0 Å². The lowest BCUT2D eigenvalue weighted by atomic mass is 9.94. The highest BCUT2D eigenvalue weighted by molar-refractivity contribution is 6.42. The van der Waals surface area contributed by atoms with E-state index in [1.54, 1.807) is 49.4 Å². The summed E-state index contributed by atoms with van der Waals surface area (Å²) >= 11 is 12.0. The zero-order valence-corrected chi connectivity index (χ0v) is 14.8. The number of rotatable bonds is 5. The van der Waals surface area contributed by atoms with E-state index in [1.165, 1.54) is 17.9 Å². The highest BCUT2D eigenvalue weighted by Crippen LogP contribution is 2.33. The van der Waals surface area contributed by atoms with E-state index in [0.29, 0.717) is 16.3 Å². The van der Waals surface area contributed by atoms with Crippen LogP contribution in [0.25, 0.3) is 0 Å². The van der Waals surface area contributed by atoms with Crippen molar-refractivity contribution in [2.75, 3.05) is 4.90 Å². The minimum absolute atomic E-state index is 0.223. The SMILES string of the molecule is CCC(C)(C(=O)O)N(C(=O)c1ccccc1)c1ccc(Cl)c(Cl)c1. The van der Waals surface area contributed by atoms with Crippen molar-refractivity contribution in [3.05, 3.63) is 64.1 Å². The Hall–Kier alpha value is -2.04. The van der Waals surface area contributed by atoms with E-state index in [4.69, 9.17) is 23.2 Å². The fourth-order valence-corrected chi connectivity index (χ4v) is 2.66. The van der Waals surface area contributed by atoms with E-state index >= 15 is 0 Å². The average molecular weight is 366 g/mol. The summed E-state index contributed by atoms with van der Waals surface area (Å²) in [5.41, 5.74) is -0.654. The van der Waals surface area contributed by atoms with Crippen molar-refractivity contribution in [3.63, 3.8) is 0 Å². The summed E-state index contributed by atoms with van der Waals surface area (Å²) in [6.45, 7) is 3.23. The molecule has 0 heterocycles. The summed E-state index contributed by atoms with van der Waals surface area (Å²) in [5.74, 6) is -1.51. The third-order valence-electron chi connectivity index (χ3n) is 4.03. The zero-order valence-electron chi connectivity index (χ0n) is 13.3. The molecule has 2 rings (SSSR count). The maximum atomic E-state index is 13.0. The smallest absolute Gasteiger partial charge is 0.329 e. The Morgan fingerprint density at radius 2 is 1.71 bits per heavy atom. The number of hydrogen-bond acceptors (Lipinski definition) is 2. The lowest BCUT2D eigenvalue weighted by Gasteiger charge is -2.37. The van der Waals surface area contributed by atoms with Crippen molar-refractivity contribution in [3.8, 4) is 0 Å². The first kappa shape index (κ1) is 18.3. The number of carbonyl (C=O) groups is 2. The van der Waals surface area contributed by atoms with Crippen molar-refractivity contribution in [1.29, 1.82) is 0 Å². The van der Waals surface area contributed by atoms with E-state index in [9.17, 15) is 14.7 Å². The van der Waals surface area contributed by atoms with Gasteiger partial charge in [0.15, 0.2) is 0 Å². The van der Waals surface area contributed by atoms with Crippen LogP contribution in [0, 0.1) is 0 Å². The fourth-order valence-electron chi connectivity index (χ4n) is 2.37. The van der Waals surface area contributed by atoms with Gasteiger partial charge in [-0.1, -0.05) is 48.3 Å². The summed E-state index contributed by atoms with van der Waals surface area (Å²) in [6, 6.07) is 13.2. The van der Waals surface area contributed by atoms with Gasteiger partial charge in [0.2, 0.25) is 0 Å². The lowest BCUT2D eigenvalue weighted by Crippen LogP contribution is -2.55. The molecule has 0 aliphatic carbocycles. The second-order valence-electron chi connectivity index (χ2n) is 5.54. The minimum atomic E-state index is -1.43. The molecule has 0 aliphatic rings. The average Bonchev–Trinajstić information content (AvgIpc) is 2.58. The molecule has 126 valence electrons. The third-order valence-corrected chi connectivity index (χ3v) is 4.77. The number of amides is 1. The molecule has 0 saturated heterocycles. The molecule has 0 aliphatic heterocycles. The Morgan fingerprint density at radius 1 is 1.08 bits per heavy atom. The molecular weight excluding hydrogens is 349 g/mol. The number of carboxylic acids is 1. The monoisotopic (exact) mass is 365 g/mol. The van der Waals surface area contributed by atoms with E-state index in [0.717, 1.165) is 0 Å². The predicted octanol–water partition coefficient (Wildman–Crippen LogP) is 4.89. The molecule has 0 bridgehead atoms. The van der Waals surface area contributed by atoms with Crippen molar-refractivity contribution in [2.45, 2.75) is 25.8 Å². The molecule has 0 saturated carbocycles. The molecule has 4 nitrogen and oxygen atoms in total. The molecule has 0 radical (unpaired) electrons. The molecule has 1 atom stereocenters. The van der Waals surface area contributed by atoms with Gasteiger partial charge in [-0.3, -0.25) is 9.69 Å². The number of anilines is 1. The minimum Gasteiger partial charge on any atom is -0.479 e. The molecule has 6 heteroatoms. The van der Waals surface area contributed by atoms with Crippen LogP contribution in [0.5, 0.6) is 0 Å². The van der Waals surface area contributed by atoms with Gasteiger partial charge in [0.1, 0.15) is 5.54 Å². The van der Waals surface area contributed by atoms with Crippen LogP contribution in [0.4, 0.5) is 5.69 Å². The van der Waals surface area contributed by atoms with Crippen LogP contribution < -0.4 is 4.90 Å². The molecule has 0 aromatic heterocycles. The summed E-state index contributed by atoms with van der Waals surface area (Å²) in [7, 11) is 0. The molecular formula is C18H17Cl2NO3. The highest BCUT2D eigenvalue weighted by atomic mass is 35.5. The number of nitrogens with zero attached hydrogens (tertiary/aromatic N) is 1. The van der Waals surface area contributed by atoms with Crippen LogP contribution in [0.2, 0.25) is 10.0 Å². The van der Waals surface area contributed by atoms with E-state index < -0.39 is 17.4 Å². The maximum absolute atomic E-state index is 13.0. The van der Waals surface area contributed by atoms with Crippen LogP contribution >= 0.6 is 23.2 Å². The van der Waals surface area contributed by atoms with Crippen LogP contribution in [-0.4, -0.2) is 22.5 Å². The molecule has 2 aromatic rings. The second kappa shape index (κ2) is 7.24. The summed E-state index contributed by atoms with van der Waals surface area (Å²) in [6.07, 6.45) is 0.223. The molecule has 1 N–H and O–H groups in total. The van der Waals surface area contributed by atoms with Crippen LogP contribution in [0.3, 0.4) is 0 Å². The number of carbonyl (C=O) groups excluding carboxylic acids is 1. The lowest BCUT2D eigenvalue weighted by molar-refractivity contribution is -0.142. The number of carboxylic acid groups (broad SMARTS) is 1. The third kappa shape index (κ3) is 3.40. The van der Waals surface area contributed by atoms with E-state index in [-0.39, 0.29) is 11.4 Å². The Balaban J connectivity index is 2.63. The van der Waals surface area contributed by atoms with Crippen molar-refractivity contribution in [1.82, 2.24) is 0 Å². The molecule has 2 aromatic carbocycles. The number of benzene rings is 2. The number of halogens is 2. The van der Waals surface area contributed by atoms with Gasteiger partial charge in [0, 0.05) is 11.3 Å². The summed E-state index contributed by atoms with van der Waals surface area (Å²) in [4.78, 5) is 26.2. The first-order chi connectivity index (χ1) is 11.3. The standard InChI is InChI=1S/C18H17Cl2NO3/c1-3-18(2,17(23)24)21(13-9-10-14(19)15(20)11-13)16(22)12-7-5-4-6-8-12/h4-11H,3H2,1-2H3,(H,23,24). The zero-order chi connectivity index (χ0) is 17.9. The Morgan fingerprint density at radius 3 is 2.21 bits per heavy atom. The Kier molecular flexibility index (Phi) is 5.52. The topological polar surface area (TPSA) is 57.6 Å². The molecule has 1 amide bonds. The maximum Gasteiger partial charge on any atom is 0.329 e. The van der Waals surface area contributed by atoms with Gasteiger partial charge < -0.3 is 5.11 Å². The summed E-state index contributed by atoms with van der Waals surface area (Å²) < 4.78 is 0. The Labute approximate surface area is 150 Å². The van der Waals surface area contributed by atoms with Crippen molar-refractivity contribution >= 4 is 40.8 Å². The summed E-state index contributed by atoms with van der Waals surface area (Å²) in [5, 5.41) is 10.3. The fraction of sp³-hybridized carbons (Fsp3) is 0.222. The van der Waals surface area contributed by atoms with Crippen molar-refractivity contribution in [2.24, 2.45) is 0 Å². The molecule has 0 fully saturated rings. The quantitative estimate of drug-likeness (QED) is 0.819. The first-order valence-corrected chi connectivity index (χ1v) is 8.15. The predicted molar refractivity (Wildman–Crippen MR) is 96.0 cm³/mol. The van der Waals surface area contributed by atoms with Gasteiger partial charge in [0.25, 0.3) is 5.91 Å². The van der Waals surface area contributed by atoms with Gasteiger partial charge in [-0.2, -0.15) is 0 Å².